The van der Waals surface area contributed by atoms with Crippen molar-refractivity contribution in [1.29, 1.82) is 0 Å². The van der Waals surface area contributed by atoms with Crippen molar-refractivity contribution >= 4 is 17.5 Å². The molecule has 1 atom stereocenters. The molecule has 24 heavy (non-hydrogen) atoms. The highest BCUT2D eigenvalue weighted by Gasteiger charge is 2.23. The predicted molar refractivity (Wildman–Crippen MR) is 88.4 cm³/mol. The smallest absolute Gasteiger partial charge is 0.277 e. The maximum absolute atomic E-state index is 12.3. The molecule has 1 aromatic carbocycles. The normalized spacial score (nSPS) is 17.0. The van der Waals surface area contributed by atoms with E-state index in [9.17, 15) is 4.79 Å². The Morgan fingerprint density at radius 3 is 3.04 bits per heavy atom. The first-order valence-electron chi connectivity index (χ1n) is 7.79. The highest BCUT2D eigenvalue weighted by molar-refractivity contribution is 6.31. The van der Waals surface area contributed by atoms with Crippen LogP contribution in [-0.2, 0) is 11.3 Å². The van der Waals surface area contributed by atoms with Crippen LogP contribution in [-0.4, -0.2) is 47.3 Å². The van der Waals surface area contributed by atoms with Crippen LogP contribution in [0.4, 0.5) is 0 Å². The Bertz CT molecular complexity index is 713. The lowest BCUT2D eigenvalue weighted by Gasteiger charge is -2.10. The molecule has 1 saturated heterocycles. The van der Waals surface area contributed by atoms with Gasteiger partial charge in [-0.25, -0.2) is 4.68 Å². The zero-order valence-corrected chi connectivity index (χ0v) is 14.1. The van der Waals surface area contributed by atoms with Crippen LogP contribution in [0.2, 0.25) is 5.02 Å². The maximum atomic E-state index is 12.3. The van der Waals surface area contributed by atoms with Gasteiger partial charge in [0.15, 0.2) is 0 Å². The zero-order valence-electron chi connectivity index (χ0n) is 13.4. The number of carbonyl (C=O) groups excluding carboxylic acids is 1. The van der Waals surface area contributed by atoms with Gasteiger partial charge in [-0.15, -0.1) is 5.10 Å². The molecule has 2 aromatic rings. The molecule has 1 aliphatic heterocycles. The van der Waals surface area contributed by atoms with Gasteiger partial charge >= 0.3 is 0 Å². The second-order valence-corrected chi connectivity index (χ2v) is 5.95. The lowest BCUT2D eigenvalue weighted by molar-refractivity contribution is 0.0851. The molecule has 0 aliphatic carbocycles. The van der Waals surface area contributed by atoms with Gasteiger partial charge in [0, 0.05) is 18.2 Å². The standard InChI is InChI=1S/C16H19ClN4O3/c1-23-16-14(15(22)18-9-12-6-4-8-24-12)19-20-21(16)10-11-5-2-3-7-13(11)17/h2-3,5,7,12H,4,6,8-10H2,1H3,(H,18,22). The van der Waals surface area contributed by atoms with E-state index in [4.69, 9.17) is 21.1 Å². The maximum Gasteiger partial charge on any atom is 0.277 e. The molecular formula is C16H19ClN4O3. The molecule has 0 spiro atoms. The van der Waals surface area contributed by atoms with E-state index in [-0.39, 0.29) is 17.7 Å². The van der Waals surface area contributed by atoms with Crippen LogP contribution in [0.15, 0.2) is 24.3 Å². The molecule has 1 aromatic heterocycles. The van der Waals surface area contributed by atoms with Crippen molar-refractivity contribution in [3.8, 4) is 5.88 Å². The summed E-state index contributed by atoms with van der Waals surface area (Å²) in [6, 6.07) is 7.43. The molecule has 0 radical (unpaired) electrons. The van der Waals surface area contributed by atoms with Crippen molar-refractivity contribution in [3.05, 3.63) is 40.5 Å². The number of nitrogens with zero attached hydrogens (tertiary/aromatic N) is 3. The number of methoxy groups -OCH3 is 1. The third-order valence-corrected chi connectivity index (χ3v) is 4.26. The number of ether oxygens (including phenoxy) is 2. The van der Waals surface area contributed by atoms with Gasteiger partial charge in [0.1, 0.15) is 0 Å². The molecule has 1 amide bonds. The van der Waals surface area contributed by atoms with Gasteiger partial charge in [0.2, 0.25) is 11.6 Å². The molecule has 1 aliphatic rings. The molecular weight excluding hydrogens is 332 g/mol. The van der Waals surface area contributed by atoms with Gasteiger partial charge < -0.3 is 14.8 Å². The second-order valence-electron chi connectivity index (χ2n) is 5.54. The Balaban J connectivity index is 1.71. The second kappa shape index (κ2) is 7.63. The van der Waals surface area contributed by atoms with Gasteiger partial charge in [-0.2, -0.15) is 0 Å². The van der Waals surface area contributed by atoms with Gasteiger partial charge in [0.05, 0.1) is 19.8 Å². The molecule has 3 rings (SSSR count). The number of hydrogen-bond donors (Lipinski definition) is 1. The molecule has 1 fully saturated rings. The van der Waals surface area contributed by atoms with Crippen LogP contribution < -0.4 is 10.1 Å². The first-order valence-corrected chi connectivity index (χ1v) is 8.17. The first kappa shape index (κ1) is 16.7. The number of aromatic nitrogens is 3. The minimum absolute atomic E-state index is 0.0677. The largest absolute Gasteiger partial charge is 0.479 e. The first-order chi connectivity index (χ1) is 11.7. The highest BCUT2D eigenvalue weighted by atomic mass is 35.5. The summed E-state index contributed by atoms with van der Waals surface area (Å²) < 4.78 is 12.3. The Labute approximate surface area is 144 Å². The summed E-state index contributed by atoms with van der Waals surface area (Å²) in [4.78, 5) is 12.3. The van der Waals surface area contributed by atoms with Crippen molar-refractivity contribution in [2.45, 2.75) is 25.5 Å². The van der Waals surface area contributed by atoms with Gasteiger partial charge in [-0.3, -0.25) is 4.79 Å². The number of rotatable bonds is 6. The van der Waals surface area contributed by atoms with Crippen molar-refractivity contribution in [3.63, 3.8) is 0 Å². The van der Waals surface area contributed by atoms with Crippen molar-refractivity contribution in [2.75, 3.05) is 20.3 Å². The zero-order chi connectivity index (χ0) is 16.9. The molecule has 1 N–H and O–H groups in total. The van der Waals surface area contributed by atoms with E-state index in [2.05, 4.69) is 15.6 Å². The van der Waals surface area contributed by atoms with Crippen LogP contribution in [0.3, 0.4) is 0 Å². The van der Waals surface area contributed by atoms with E-state index in [1.54, 1.807) is 6.07 Å². The van der Waals surface area contributed by atoms with Crippen LogP contribution in [0.25, 0.3) is 0 Å². The summed E-state index contributed by atoms with van der Waals surface area (Å²) in [7, 11) is 1.48. The van der Waals surface area contributed by atoms with Gasteiger partial charge in [0.25, 0.3) is 5.91 Å². The Hall–Kier alpha value is -2.12. The molecule has 2 heterocycles. The van der Waals surface area contributed by atoms with Crippen LogP contribution in [0.5, 0.6) is 5.88 Å². The molecule has 0 saturated carbocycles. The number of hydrogen-bond acceptors (Lipinski definition) is 5. The van der Waals surface area contributed by atoms with E-state index in [1.165, 1.54) is 11.8 Å². The summed E-state index contributed by atoms with van der Waals surface area (Å²) in [5.74, 6) is -0.0208. The third kappa shape index (κ3) is 3.68. The molecule has 1 unspecified atom stereocenters. The topological polar surface area (TPSA) is 78.3 Å². The Morgan fingerprint density at radius 1 is 1.50 bits per heavy atom. The van der Waals surface area contributed by atoms with Crippen LogP contribution in [0.1, 0.15) is 28.9 Å². The fourth-order valence-electron chi connectivity index (χ4n) is 2.64. The third-order valence-electron chi connectivity index (χ3n) is 3.89. The Kier molecular flexibility index (Phi) is 5.32. The lowest BCUT2D eigenvalue weighted by Crippen LogP contribution is -2.32. The quantitative estimate of drug-likeness (QED) is 0.860. The van der Waals surface area contributed by atoms with Crippen LogP contribution >= 0.6 is 11.6 Å². The molecule has 8 heteroatoms. The van der Waals surface area contributed by atoms with Gasteiger partial charge in [-0.1, -0.05) is 35.0 Å². The summed E-state index contributed by atoms with van der Waals surface area (Å²) in [6.45, 7) is 1.58. The summed E-state index contributed by atoms with van der Waals surface area (Å²) in [5, 5.41) is 11.4. The average molecular weight is 351 g/mol. The monoisotopic (exact) mass is 350 g/mol. The molecule has 128 valence electrons. The number of amides is 1. The van der Waals surface area contributed by atoms with Crippen molar-refractivity contribution in [1.82, 2.24) is 20.3 Å². The molecule has 0 bridgehead atoms. The summed E-state index contributed by atoms with van der Waals surface area (Å²) >= 11 is 6.17. The number of halogens is 1. The number of benzene rings is 1. The fourth-order valence-corrected chi connectivity index (χ4v) is 2.83. The van der Waals surface area contributed by atoms with E-state index in [0.29, 0.717) is 24.0 Å². The van der Waals surface area contributed by atoms with Crippen molar-refractivity contribution in [2.24, 2.45) is 0 Å². The van der Waals surface area contributed by atoms with Gasteiger partial charge in [-0.05, 0) is 24.5 Å². The fraction of sp³-hybridized carbons (Fsp3) is 0.438. The lowest BCUT2D eigenvalue weighted by atomic mass is 10.2. The number of nitrogens with one attached hydrogen (secondary N) is 1. The predicted octanol–water partition coefficient (Wildman–Crippen LogP) is 1.90. The van der Waals surface area contributed by atoms with E-state index in [0.717, 1.165) is 25.0 Å². The SMILES string of the molecule is COc1c(C(=O)NCC2CCCO2)nnn1Cc1ccccc1Cl. The highest BCUT2D eigenvalue weighted by Crippen LogP contribution is 2.21. The summed E-state index contributed by atoms with van der Waals surface area (Å²) in [6.07, 6.45) is 2.05. The minimum Gasteiger partial charge on any atom is -0.479 e. The van der Waals surface area contributed by atoms with Crippen molar-refractivity contribution < 1.29 is 14.3 Å². The van der Waals surface area contributed by atoms with Crippen LogP contribution in [0, 0.1) is 0 Å². The average Bonchev–Trinajstić information content (AvgIpc) is 3.24. The minimum atomic E-state index is -0.326. The Morgan fingerprint density at radius 2 is 2.33 bits per heavy atom. The summed E-state index contributed by atoms with van der Waals surface area (Å²) in [5.41, 5.74) is 1.02. The number of carbonyl (C=O) groups is 1. The van der Waals surface area contributed by atoms with E-state index < -0.39 is 0 Å². The van der Waals surface area contributed by atoms with E-state index >= 15 is 0 Å². The van der Waals surface area contributed by atoms with E-state index in [1.807, 2.05) is 18.2 Å². The molecule has 7 nitrogen and oxygen atoms in total.